The molecule has 0 saturated heterocycles. The molecule has 0 aliphatic carbocycles. The Bertz CT molecular complexity index is 381. The predicted molar refractivity (Wildman–Crippen MR) is 47.4 cm³/mol. The predicted octanol–water partition coefficient (Wildman–Crippen LogP) is 0.335. The molecule has 0 aliphatic rings. The molecule has 14 heavy (non-hydrogen) atoms. The number of aryl methyl sites for hydroxylation is 1. The second-order valence-electron chi connectivity index (χ2n) is 2.72. The summed E-state index contributed by atoms with van der Waals surface area (Å²) in [5.41, 5.74) is 7.29. The van der Waals surface area contributed by atoms with Gasteiger partial charge in [0.2, 0.25) is 5.78 Å². The number of ketones is 1. The molecule has 0 unspecified atom stereocenters. The quantitative estimate of drug-likeness (QED) is 0.367. The first-order chi connectivity index (χ1) is 6.56. The Hall–Kier alpha value is -1.82. The van der Waals surface area contributed by atoms with Gasteiger partial charge in [0.15, 0.2) is 11.7 Å². The van der Waals surface area contributed by atoms with Crippen molar-refractivity contribution < 1.29 is 14.4 Å². The summed E-state index contributed by atoms with van der Waals surface area (Å²) in [6.07, 6.45) is 1.29. The number of aromatic nitrogens is 1. The highest BCUT2D eigenvalue weighted by atomic mass is 16.5. The van der Waals surface area contributed by atoms with Crippen LogP contribution in [0.2, 0.25) is 0 Å². The minimum absolute atomic E-state index is 0.0506. The van der Waals surface area contributed by atoms with Crippen LogP contribution < -0.4 is 11.2 Å². The van der Waals surface area contributed by atoms with Crippen LogP contribution in [0.5, 0.6) is 0 Å². The first-order valence-corrected chi connectivity index (χ1v) is 3.90. The first kappa shape index (κ1) is 10.3. The van der Waals surface area contributed by atoms with E-state index in [2.05, 4.69) is 4.98 Å². The van der Waals surface area contributed by atoms with Crippen molar-refractivity contribution >= 4 is 5.78 Å². The maximum Gasteiger partial charge on any atom is 0.247 e. The lowest BCUT2D eigenvalue weighted by molar-refractivity contribution is 0.0995. The van der Waals surface area contributed by atoms with Crippen molar-refractivity contribution in [1.29, 1.82) is 0 Å². The summed E-state index contributed by atoms with van der Waals surface area (Å²) in [5, 5.41) is 8.52. The van der Waals surface area contributed by atoms with Gasteiger partial charge in [-0.05, 0) is 6.92 Å². The number of nitrogens with one attached hydrogen (secondary N) is 1. The van der Waals surface area contributed by atoms with Gasteiger partial charge in [-0.3, -0.25) is 15.5 Å². The van der Waals surface area contributed by atoms with Crippen LogP contribution in [0, 0.1) is 6.92 Å². The summed E-state index contributed by atoms with van der Waals surface area (Å²) in [7, 11) is 0. The normalized spacial score (nSPS) is 12.2. The van der Waals surface area contributed by atoms with E-state index in [4.69, 9.17) is 15.4 Å². The van der Waals surface area contributed by atoms with Gasteiger partial charge in [0, 0.05) is 6.92 Å². The smallest absolute Gasteiger partial charge is 0.247 e. The number of carbonyl (C=O) groups is 1. The Morgan fingerprint density at radius 1 is 1.71 bits per heavy atom. The molecule has 1 aromatic heterocycles. The van der Waals surface area contributed by atoms with Gasteiger partial charge in [-0.15, -0.1) is 0 Å². The number of nitrogens with zero attached hydrogens (tertiary/aromatic N) is 1. The third kappa shape index (κ3) is 1.91. The zero-order valence-corrected chi connectivity index (χ0v) is 7.87. The summed E-state index contributed by atoms with van der Waals surface area (Å²) >= 11 is 0. The van der Waals surface area contributed by atoms with Gasteiger partial charge in [-0.1, -0.05) is 0 Å². The molecule has 4 N–H and O–H groups in total. The van der Waals surface area contributed by atoms with Crippen LogP contribution in [0.4, 0.5) is 0 Å². The lowest BCUT2D eigenvalue weighted by Gasteiger charge is -2.02. The third-order valence-corrected chi connectivity index (χ3v) is 1.66. The molecule has 0 radical (unpaired) electrons. The molecule has 6 heteroatoms. The fourth-order valence-corrected chi connectivity index (χ4v) is 0.830. The van der Waals surface area contributed by atoms with Gasteiger partial charge >= 0.3 is 0 Å². The maximum atomic E-state index is 11.5. The van der Waals surface area contributed by atoms with Crippen molar-refractivity contribution in [3.8, 4) is 0 Å². The SMILES string of the molecule is C/C(NO)=C(/N)C(=O)c1cnc(C)o1. The fraction of sp³-hybridized carbons (Fsp3) is 0.250. The molecule has 0 aliphatic heterocycles. The van der Waals surface area contributed by atoms with Gasteiger partial charge in [0.1, 0.15) is 5.70 Å². The highest BCUT2D eigenvalue weighted by Gasteiger charge is 2.15. The zero-order chi connectivity index (χ0) is 10.7. The van der Waals surface area contributed by atoms with E-state index in [1.54, 1.807) is 12.4 Å². The van der Waals surface area contributed by atoms with E-state index in [-0.39, 0.29) is 17.2 Å². The largest absolute Gasteiger partial charge is 0.437 e. The van der Waals surface area contributed by atoms with E-state index in [9.17, 15) is 4.79 Å². The molecular formula is C8H11N3O3. The fourth-order valence-electron chi connectivity index (χ4n) is 0.830. The number of hydroxylamine groups is 1. The Morgan fingerprint density at radius 2 is 2.36 bits per heavy atom. The van der Waals surface area contributed by atoms with Crippen LogP contribution in [0.25, 0.3) is 0 Å². The monoisotopic (exact) mass is 197 g/mol. The summed E-state index contributed by atoms with van der Waals surface area (Å²) in [6.45, 7) is 3.09. The van der Waals surface area contributed by atoms with Crippen molar-refractivity contribution in [3.63, 3.8) is 0 Å². The minimum Gasteiger partial charge on any atom is -0.437 e. The number of allylic oxidation sites excluding steroid dienone is 2. The second-order valence-corrected chi connectivity index (χ2v) is 2.72. The van der Waals surface area contributed by atoms with E-state index in [0.717, 1.165) is 0 Å². The number of nitrogens with two attached hydrogens (primary N) is 1. The number of carbonyl (C=O) groups excluding carboxylic acids is 1. The molecule has 0 amide bonds. The highest BCUT2D eigenvalue weighted by molar-refractivity contribution is 6.06. The van der Waals surface area contributed by atoms with E-state index >= 15 is 0 Å². The Balaban J connectivity index is 2.97. The van der Waals surface area contributed by atoms with Crippen molar-refractivity contribution in [2.75, 3.05) is 0 Å². The molecule has 1 rings (SSSR count). The molecular weight excluding hydrogens is 186 g/mol. The van der Waals surface area contributed by atoms with Crippen LogP contribution in [-0.4, -0.2) is 16.0 Å². The van der Waals surface area contributed by atoms with Crippen LogP contribution in [0.3, 0.4) is 0 Å². The molecule has 0 spiro atoms. The van der Waals surface area contributed by atoms with Crippen LogP contribution in [-0.2, 0) is 0 Å². The molecule has 1 heterocycles. The average Bonchev–Trinajstić information content (AvgIpc) is 2.61. The van der Waals surface area contributed by atoms with E-state index in [1.165, 1.54) is 13.1 Å². The molecule has 0 aromatic carbocycles. The molecule has 0 bridgehead atoms. The van der Waals surface area contributed by atoms with Crippen LogP contribution >= 0.6 is 0 Å². The van der Waals surface area contributed by atoms with Gasteiger partial charge in [-0.25, -0.2) is 4.98 Å². The number of rotatable bonds is 3. The first-order valence-electron chi connectivity index (χ1n) is 3.90. The molecule has 76 valence electrons. The van der Waals surface area contributed by atoms with Gasteiger partial charge in [-0.2, -0.15) is 0 Å². The van der Waals surface area contributed by atoms with Crippen molar-refractivity contribution in [1.82, 2.24) is 10.5 Å². The standard InChI is InChI=1S/C8H11N3O3/c1-4(11-13)7(9)8(12)6-3-10-5(2)14-6/h3,11,13H,9H2,1-2H3/b7-4-. The van der Waals surface area contributed by atoms with Crippen LogP contribution in [0.1, 0.15) is 23.4 Å². The van der Waals surface area contributed by atoms with Crippen molar-refractivity contribution in [2.24, 2.45) is 5.73 Å². The van der Waals surface area contributed by atoms with Crippen molar-refractivity contribution in [2.45, 2.75) is 13.8 Å². The Kier molecular flexibility index (Phi) is 2.88. The number of Topliss-reactive ketones (excluding diaryl/α,β-unsaturated/α-hetero) is 1. The average molecular weight is 197 g/mol. The van der Waals surface area contributed by atoms with E-state index in [0.29, 0.717) is 5.89 Å². The molecule has 0 fully saturated rings. The maximum absolute atomic E-state index is 11.5. The molecule has 0 atom stereocenters. The molecule has 1 aromatic rings. The van der Waals surface area contributed by atoms with E-state index in [1.807, 2.05) is 0 Å². The van der Waals surface area contributed by atoms with E-state index < -0.39 is 5.78 Å². The zero-order valence-electron chi connectivity index (χ0n) is 7.87. The van der Waals surface area contributed by atoms with Crippen LogP contribution in [0.15, 0.2) is 22.0 Å². The summed E-state index contributed by atoms with van der Waals surface area (Å²) in [5.74, 6) is -0.0741. The highest BCUT2D eigenvalue weighted by Crippen LogP contribution is 2.08. The molecule has 0 saturated carbocycles. The second kappa shape index (κ2) is 3.93. The summed E-state index contributed by atoms with van der Waals surface area (Å²) in [6, 6.07) is 0. The lowest BCUT2D eigenvalue weighted by atomic mass is 10.2. The van der Waals surface area contributed by atoms with Gasteiger partial charge in [0.25, 0.3) is 0 Å². The third-order valence-electron chi connectivity index (χ3n) is 1.66. The van der Waals surface area contributed by atoms with Gasteiger partial charge < -0.3 is 10.2 Å². The lowest BCUT2D eigenvalue weighted by Crippen LogP contribution is -2.19. The van der Waals surface area contributed by atoms with Crippen molar-refractivity contribution in [3.05, 3.63) is 29.2 Å². The summed E-state index contributed by atoms with van der Waals surface area (Å²) in [4.78, 5) is 15.2. The summed E-state index contributed by atoms with van der Waals surface area (Å²) < 4.78 is 4.98. The Labute approximate surface area is 80.4 Å². The number of hydrogen-bond acceptors (Lipinski definition) is 6. The minimum atomic E-state index is -0.510. The topological polar surface area (TPSA) is 101 Å². The van der Waals surface area contributed by atoms with Gasteiger partial charge in [0.05, 0.1) is 11.9 Å². The Morgan fingerprint density at radius 3 is 2.79 bits per heavy atom. The molecule has 6 nitrogen and oxygen atoms in total. The number of hydrogen-bond donors (Lipinski definition) is 3. The number of oxazole rings is 1.